The molecule has 9 heteroatoms. The lowest BCUT2D eigenvalue weighted by Crippen LogP contribution is -2.20. The molecular weight excluding hydrogens is 286 g/mol. The van der Waals surface area contributed by atoms with E-state index in [0.717, 1.165) is 6.20 Å². The molecule has 2 N–H and O–H groups in total. The van der Waals surface area contributed by atoms with Gasteiger partial charge in [0.05, 0.1) is 19.0 Å². The number of carbonyl (C=O) groups is 1. The Morgan fingerprint density at radius 2 is 2.24 bits per heavy atom. The molecule has 112 valence electrons. The standard InChI is InChI=1S/C12H12F2N4O3/c1-6-10(21-2)8(3-9(16-6)11(19)17-20)7-4-15-18(5-7)12(13)14/h3-5,12,20H,1-2H3,(H,17,19). The number of ether oxygens (including phenoxy) is 1. The van der Waals surface area contributed by atoms with Gasteiger partial charge in [-0.3, -0.25) is 10.0 Å². The molecule has 2 rings (SSSR count). The summed E-state index contributed by atoms with van der Waals surface area (Å²) >= 11 is 0. The average molecular weight is 298 g/mol. The van der Waals surface area contributed by atoms with Gasteiger partial charge in [-0.2, -0.15) is 13.9 Å². The van der Waals surface area contributed by atoms with Gasteiger partial charge in [-0.25, -0.2) is 15.1 Å². The quantitative estimate of drug-likeness (QED) is 0.663. The van der Waals surface area contributed by atoms with Crippen LogP contribution in [0.15, 0.2) is 18.5 Å². The third-order valence-electron chi connectivity index (χ3n) is 2.79. The molecule has 2 heterocycles. The highest BCUT2D eigenvalue weighted by atomic mass is 19.3. The van der Waals surface area contributed by atoms with E-state index in [2.05, 4.69) is 10.1 Å². The maximum absolute atomic E-state index is 12.6. The molecule has 0 radical (unpaired) electrons. The molecule has 0 atom stereocenters. The predicted octanol–water partition coefficient (Wildman–Crippen LogP) is 1.78. The molecule has 21 heavy (non-hydrogen) atoms. The zero-order chi connectivity index (χ0) is 15.6. The van der Waals surface area contributed by atoms with Gasteiger partial charge in [0.2, 0.25) is 0 Å². The van der Waals surface area contributed by atoms with E-state index >= 15 is 0 Å². The summed E-state index contributed by atoms with van der Waals surface area (Å²) < 4.78 is 30.8. The minimum Gasteiger partial charge on any atom is -0.494 e. The highest BCUT2D eigenvalue weighted by Gasteiger charge is 2.18. The fourth-order valence-electron chi connectivity index (χ4n) is 1.89. The van der Waals surface area contributed by atoms with E-state index in [1.807, 2.05) is 0 Å². The highest BCUT2D eigenvalue weighted by Crippen LogP contribution is 2.33. The second kappa shape index (κ2) is 5.83. The van der Waals surface area contributed by atoms with E-state index < -0.39 is 12.5 Å². The molecule has 0 aliphatic rings. The largest absolute Gasteiger partial charge is 0.494 e. The van der Waals surface area contributed by atoms with E-state index in [4.69, 9.17) is 9.94 Å². The number of pyridine rings is 1. The number of nitrogens with zero attached hydrogens (tertiary/aromatic N) is 3. The summed E-state index contributed by atoms with van der Waals surface area (Å²) in [5, 5.41) is 12.2. The lowest BCUT2D eigenvalue weighted by atomic mass is 10.1. The molecule has 0 spiro atoms. The van der Waals surface area contributed by atoms with Gasteiger partial charge in [0.15, 0.2) is 0 Å². The zero-order valence-corrected chi connectivity index (χ0v) is 11.2. The monoisotopic (exact) mass is 298 g/mol. The Kier molecular flexibility index (Phi) is 4.13. The average Bonchev–Trinajstić information content (AvgIpc) is 2.95. The number of hydroxylamine groups is 1. The number of aryl methyl sites for hydroxylation is 1. The second-order valence-corrected chi connectivity index (χ2v) is 4.10. The third-order valence-corrected chi connectivity index (χ3v) is 2.79. The Labute approximate surface area is 118 Å². The first-order chi connectivity index (χ1) is 9.97. The number of amides is 1. The van der Waals surface area contributed by atoms with E-state index in [1.165, 1.54) is 24.9 Å². The van der Waals surface area contributed by atoms with Crippen molar-refractivity contribution in [2.45, 2.75) is 13.5 Å². The summed E-state index contributed by atoms with van der Waals surface area (Å²) in [5.74, 6) is -0.485. The van der Waals surface area contributed by atoms with Crippen LogP contribution in [-0.4, -0.2) is 33.0 Å². The first-order valence-corrected chi connectivity index (χ1v) is 5.80. The molecular formula is C12H12F2N4O3. The van der Waals surface area contributed by atoms with E-state index in [0.29, 0.717) is 27.3 Å². The third kappa shape index (κ3) is 2.82. The first-order valence-electron chi connectivity index (χ1n) is 5.80. The van der Waals surface area contributed by atoms with Crippen LogP contribution in [0.25, 0.3) is 11.1 Å². The van der Waals surface area contributed by atoms with E-state index in [9.17, 15) is 13.6 Å². The van der Waals surface area contributed by atoms with Crippen molar-refractivity contribution in [3.63, 3.8) is 0 Å². The minimum atomic E-state index is -2.77. The molecule has 0 fully saturated rings. The van der Waals surface area contributed by atoms with Gasteiger partial charge in [0.1, 0.15) is 11.4 Å². The minimum absolute atomic E-state index is 0.0735. The SMILES string of the molecule is COc1c(-c2cnn(C(F)F)c2)cc(C(=O)NO)nc1C. The molecule has 1 amide bonds. The number of carbonyl (C=O) groups excluding carboxylic acids is 1. The number of hydrogen-bond acceptors (Lipinski definition) is 5. The highest BCUT2D eigenvalue weighted by molar-refractivity contribution is 5.93. The van der Waals surface area contributed by atoms with Crippen molar-refractivity contribution in [3.05, 3.63) is 29.8 Å². The summed E-state index contributed by atoms with van der Waals surface area (Å²) in [6, 6.07) is 1.32. The van der Waals surface area contributed by atoms with Crippen LogP contribution in [0.3, 0.4) is 0 Å². The Hall–Kier alpha value is -2.55. The van der Waals surface area contributed by atoms with Crippen molar-refractivity contribution in [3.8, 4) is 16.9 Å². The Morgan fingerprint density at radius 3 is 2.76 bits per heavy atom. The van der Waals surface area contributed by atoms with Crippen molar-refractivity contribution in [2.24, 2.45) is 0 Å². The van der Waals surface area contributed by atoms with Crippen LogP contribution in [0, 0.1) is 6.92 Å². The number of nitrogens with one attached hydrogen (secondary N) is 1. The lowest BCUT2D eigenvalue weighted by molar-refractivity contribution is 0.0566. The van der Waals surface area contributed by atoms with Gasteiger partial charge in [-0.05, 0) is 13.0 Å². The van der Waals surface area contributed by atoms with E-state index in [1.54, 1.807) is 6.92 Å². The van der Waals surface area contributed by atoms with Gasteiger partial charge in [-0.1, -0.05) is 0 Å². The normalized spacial score (nSPS) is 10.8. The van der Waals surface area contributed by atoms with Crippen LogP contribution in [0.1, 0.15) is 22.7 Å². The Balaban J connectivity index is 2.58. The summed E-state index contributed by atoms with van der Waals surface area (Å²) in [6.07, 6.45) is 2.35. The number of rotatable bonds is 4. The molecule has 0 unspecified atom stereocenters. The fourth-order valence-corrected chi connectivity index (χ4v) is 1.89. The molecule has 0 saturated carbocycles. The summed E-state index contributed by atoms with van der Waals surface area (Å²) in [7, 11) is 1.40. The summed E-state index contributed by atoms with van der Waals surface area (Å²) in [5.41, 5.74) is 2.47. The van der Waals surface area contributed by atoms with Crippen molar-refractivity contribution < 1.29 is 23.5 Å². The van der Waals surface area contributed by atoms with Crippen LogP contribution in [0.5, 0.6) is 5.75 Å². The Morgan fingerprint density at radius 1 is 1.52 bits per heavy atom. The maximum atomic E-state index is 12.6. The zero-order valence-electron chi connectivity index (χ0n) is 11.2. The molecule has 2 aromatic rings. The van der Waals surface area contributed by atoms with Gasteiger partial charge in [0, 0.05) is 17.3 Å². The molecule has 0 saturated heterocycles. The lowest BCUT2D eigenvalue weighted by Gasteiger charge is -2.11. The molecule has 2 aromatic heterocycles. The number of hydrogen-bond donors (Lipinski definition) is 2. The maximum Gasteiger partial charge on any atom is 0.333 e. The van der Waals surface area contributed by atoms with Crippen molar-refractivity contribution in [1.29, 1.82) is 0 Å². The van der Waals surface area contributed by atoms with Crippen LogP contribution >= 0.6 is 0 Å². The van der Waals surface area contributed by atoms with Gasteiger partial charge >= 0.3 is 6.55 Å². The van der Waals surface area contributed by atoms with Crippen molar-refractivity contribution in [1.82, 2.24) is 20.2 Å². The summed E-state index contributed by atoms with van der Waals surface area (Å²) in [4.78, 5) is 15.4. The topological polar surface area (TPSA) is 89.3 Å². The number of halogens is 2. The van der Waals surface area contributed by atoms with Gasteiger partial charge < -0.3 is 4.74 Å². The molecule has 0 aliphatic carbocycles. The second-order valence-electron chi connectivity index (χ2n) is 4.10. The fraction of sp³-hybridized carbons (Fsp3) is 0.250. The molecule has 0 aliphatic heterocycles. The van der Waals surface area contributed by atoms with E-state index in [-0.39, 0.29) is 5.69 Å². The Bertz CT molecular complexity index is 673. The smallest absolute Gasteiger partial charge is 0.333 e. The van der Waals surface area contributed by atoms with Crippen LogP contribution in [-0.2, 0) is 0 Å². The van der Waals surface area contributed by atoms with Crippen LogP contribution in [0.2, 0.25) is 0 Å². The number of methoxy groups -OCH3 is 1. The summed E-state index contributed by atoms with van der Waals surface area (Å²) in [6.45, 7) is -1.18. The number of alkyl halides is 2. The van der Waals surface area contributed by atoms with Gasteiger partial charge in [-0.15, -0.1) is 0 Å². The van der Waals surface area contributed by atoms with Crippen molar-refractivity contribution in [2.75, 3.05) is 7.11 Å². The van der Waals surface area contributed by atoms with Crippen LogP contribution < -0.4 is 10.2 Å². The molecule has 0 aromatic carbocycles. The number of aromatic nitrogens is 3. The van der Waals surface area contributed by atoms with Crippen LogP contribution in [0.4, 0.5) is 8.78 Å². The molecule has 7 nitrogen and oxygen atoms in total. The molecule has 0 bridgehead atoms. The van der Waals surface area contributed by atoms with Gasteiger partial charge in [0.25, 0.3) is 5.91 Å². The van der Waals surface area contributed by atoms with Crippen molar-refractivity contribution >= 4 is 5.91 Å². The first kappa shape index (κ1) is 14.9. The predicted molar refractivity (Wildman–Crippen MR) is 67.3 cm³/mol.